The Morgan fingerprint density at radius 3 is 2.56 bits per heavy atom. The summed E-state index contributed by atoms with van der Waals surface area (Å²) in [5, 5.41) is 16.8. The maximum atomic E-state index is 12.7. The third-order valence-corrected chi connectivity index (χ3v) is 5.96. The number of nitrogens with one attached hydrogen (secondary N) is 2. The van der Waals surface area contributed by atoms with Crippen LogP contribution in [0.2, 0.25) is 0 Å². The second-order valence-corrected chi connectivity index (χ2v) is 8.35. The number of benzene rings is 2. The summed E-state index contributed by atoms with van der Waals surface area (Å²) in [6.07, 6.45) is 7.99. The van der Waals surface area contributed by atoms with Crippen molar-refractivity contribution in [1.82, 2.24) is 30.4 Å². The first-order chi connectivity index (χ1) is 16.7. The molecule has 0 bridgehead atoms. The molecule has 2 N–H and O–H groups in total. The number of carbonyl (C=O) groups excluding carboxylic acids is 1. The molecule has 4 aromatic heterocycles. The predicted molar refractivity (Wildman–Crippen MR) is 130 cm³/mol. The summed E-state index contributed by atoms with van der Waals surface area (Å²) in [7, 11) is 0. The summed E-state index contributed by atoms with van der Waals surface area (Å²) in [5.74, 6) is 0.0143. The monoisotopic (exact) mass is 444 g/mol. The molecular formula is C27H20N6O. The number of aromatic amines is 2. The summed E-state index contributed by atoms with van der Waals surface area (Å²) >= 11 is 0. The summed E-state index contributed by atoms with van der Waals surface area (Å²) in [6.45, 7) is 0. The Hall–Kier alpha value is -4.65. The SMILES string of the molecule is O=C(Cc1ccnnc1)c1cc2cc(-c3cc(Cc4ccc5[nH]ncc5c4)ccn3)ccc2[nH]1. The number of aromatic nitrogens is 6. The van der Waals surface area contributed by atoms with E-state index in [1.54, 1.807) is 18.5 Å². The Kier molecular flexibility index (Phi) is 4.92. The van der Waals surface area contributed by atoms with Gasteiger partial charge in [0.2, 0.25) is 0 Å². The number of hydrogen-bond acceptors (Lipinski definition) is 5. The zero-order valence-corrected chi connectivity index (χ0v) is 18.2. The van der Waals surface area contributed by atoms with Crippen LogP contribution in [0, 0.1) is 0 Å². The van der Waals surface area contributed by atoms with Crippen molar-refractivity contribution in [2.24, 2.45) is 0 Å². The van der Waals surface area contributed by atoms with Crippen molar-refractivity contribution in [3.8, 4) is 11.3 Å². The maximum absolute atomic E-state index is 12.7. The number of ketones is 1. The van der Waals surface area contributed by atoms with E-state index in [9.17, 15) is 4.79 Å². The fourth-order valence-electron chi connectivity index (χ4n) is 4.23. The lowest BCUT2D eigenvalue weighted by Gasteiger charge is -2.06. The first-order valence-electron chi connectivity index (χ1n) is 11.0. The molecule has 0 spiro atoms. The summed E-state index contributed by atoms with van der Waals surface area (Å²) in [6, 6.07) is 20.3. The summed E-state index contributed by atoms with van der Waals surface area (Å²) < 4.78 is 0. The van der Waals surface area contributed by atoms with Gasteiger partial charge in [0.05, 0.1) is 29.3 Å². The highest BCUT2D eigenvalue weighted by Crippen LogP contribution is 2.26. The topological polar surface area (TPSA) is 100 Å². The van der Waals surface area contributed by atoms with Gasteiger partial charge in [0, 0.05) is 40.7 Å². The highest BCUT2D eigenvalue weighted by molar-refractivity contribution is 6.01. The minimum absolute atomic E-state index is 0.0143. The third-order valence-electron chi connectivity index (χ3n) is 5.96. The number of fused-ring (bicyclic) bond motifs is 2. The fraction of sp³-hybridized carbons (Fsp3) is 0.0741. The maximum Gasteiger partial charge on any atom is 0.183 e. The number of pyridine rings is 1. The van der Waals surface area contributed by atoms with Crippen molar-refractivity contribution >= 4 is 27.6 Å². The predicted octanol–water partition coefficient (Wildman–Crippen LogP) is 4.91. The lowest BCUT2D eigenvalue weighted by molar-refractivity contribution is 0.0989. The molecule has 6 rings (SSSR count). The van der Waals surface area contributed by atoms with Crippen LogP contribution < -0.4 is 0 Å². The molecule has 0 atom stereocenters. The zero-order chi connectivity index (χ0) is 22.9. The van der Waals surface area contributed by atoms with Gasteiger partial charge in [-0.25, -0.2) is 0 Å². The second kappa shape index (κ2) is 8.37. The van der Waals surface area contributed by atoms with Crippen LogP contribution in [0.25, 0.3) is 33.1 Å². The molecule has 0 saturated carbocycles. The molecule has 7 nitrogen and oxygen atoms in total. The Bertz CT molecular complexity index is 1630. The first kappa shape index (κ1) is 20.0. The summed E-state index contributed by atoms with van der Waals surface area (Å²) in [5.41, 5.74) is 7.70. The van der Waals surface area contributed by atoms with E-state index in [-0.39, 0.29) is 12.2 Å². The van der Waals surface area contributed by atoms with Crippen LogP contribution in [0.1, 0.15) is 27.2 Å². The highest BCUT2D eigenvalue weighted by atomic mass is 16.1. The first-order valence-corrected chi connectivity index (χ1v) is 11.0. The van der Waals surface area contributed by atoms with E-state index in [0.717, 1.165) is 45.0 Å². The van der Waals surface area contributed by atoms with E-state index in [2.05, 4.69) is 60.7 Å². The van der Waals surface area contributed by atoms with Crippen molar-refractivity contribution in [3.63, 3.8) is 0 Å². The van der Waals surface area contributed by atoms with E-state index in [1.807, 2.05) is 36.7 Å². The van der Waals surface area contributed by atoms with Crippen LogP contribution >= 0.6 is 0 Å². The van der Waals surface area contributed by atoms with Gasteiger partial charge < -0.3 is 4.98 Å². The Morgan fingerprint density at radius 2 is 1.65 bits per heavy atom. The minimum atomic E-state index is 0.0143. The van der Waals surface area contributed by atoms with E-state index in [0.29, 0.717) is 5.69 Å². The van der Waals surface area contributed by atoms with Crippen LogP contribution in [0.5, 0.6) is 0 Å². The largest absolute Gasteiger partial charge is 0.352 e. The van der Waals surface area contributed by atoms with Gasteiger partial charge in [-0.2, -0.15) is 15.3 Å². The molecule has 7 heteroatoms. The molecule has 0 aliphatic heterocycles. The molecule has 0 amide bonds. The molecule has 6 aromatic rings. The normalized spacial score (nSPS) is 11.3. The lowest BCUT2D eigenvalue weighted by atomic mass is 10.0. The average Bonchev–Trinajstić information content (AvgIpc) is 3.51. The van der Waals surface area contributed by atoms with Crippen LogP contribution in [0.4, 0.5) is 0 Å². The Balaban J connectivity index is 1.25. The molecule has 0 saturated heterocycles. The van der Waals surface area contributed by atoms with Crippen molar-refractivity contribution in [2.45, 2.75) is 12.8 Å². The molecule has 34 heavy (non-hydrogen) atoms. The van der Waals surface area contributed by atoms with Crippen molar-refractivity contribution in [2.75, 3.05) is 0 Å². The van der Waals surface area contributed by atoms with E-state index < -0.39 is 0 Å². The lowest BCUT2D eigenvalue weighted by Crippen LogP contribution is -2.04. The Morgan fingerprint density at radius 1 is 0.765 bits per heavy atom. The quantitative estimate of drug-likeness (QED) is 0.356. The van der Waals surface area contributed by atoms with Crippen LogP contribution in [-0.2, 0) is 12.8 Å². The number of nitrogens with zero attached hydrogens (tertiary/aromatic N) is 4. The van der Waals surface area contributed by atoms with Crippen LogP contribution in [-0.4, -0.2) is 36.1 Å². The van der Waals surface area contributed by atoms with Gasteiger partial charge in [-0.1, -0.05) is 12.1 Å². The molecular weight excluding hydrogens is 424 g/mol. The van der Waals surface area contributed by atoms with Gasteiger partial charge in [-0.15, -0.1) is 0 Å². The van der Waals surface area contributed by atoms with Gasteiger partial charge in [0.15, 0.2) is 5.78 Å². The third kappa shape index (κ3) is 3.95. The minimum Gasteiger partial charge on any atom is -0.352 e. The average molecular weight is 444 g/mol. The van der Waals surface area contributed by atoms with Gasteiger partial charge in [0.1, 0.15) is 0 Å². The smallest absolute Gasteiger partial charge is 0.183 e. The molecule has 0 aliphatic rings. The standard InChI is InChI=1S/C27H20N6O/c34-27(12-19-6-8-29-30-15-19)26-14-21-13-20(2-4-23(21)32-26)25-11-18(5-7-28-25)9-17-1-3-24-22(10-17)16-31-33-24/h1-8,10-11,13-16,32H,9,12H2,(H,31,33). The molecule has 0 unspecified atom stereocenters. The van der Waals surface area contributed by atoms with E-state index in [4.69, 9.17) is 0 Å². The van der Waals surface area contributed by atoms with Gasteiger partial charge >= 0.3 is 0 Å². The summed E-state index contributed by atoms with van der Waals surface area (Å²) in [4.78, 5) is 20.6. The second-order valence-electron chi connectivity index (χ2n) is 8.35. The van der Waals surface area contributed by atoms with Gasteiger partial charge in [-0.05, 0) is 71.6 Å². The molecule has 0 fully saturated rings. The fourth-order valence-corrected chi connectivity index (χ4v) is 4.23. The van der Waals surface area contributed by atoms with E-state index in [1.165, 1.54) is 11.1 Å². The zero-order valence-electron chi connectivity index (χ0n) is 18.2. The molecule has 4 heterocycles. The van der Waals surface area contributed by atoms with E-state index >= 15 is 0 Å². The Labute approximate surface area is 194 Å². The number of hydrogen-bond donors (Lipinski definition) is 2. The van der Waals surface area contributed by atoms with Gasteiger partial charge in [0.25, 0.3) is 0 Å². The number of carbonyl (C=O) groups is 1. The van der Waals surface area contributed by atoms with Crippen molar-refractivity contribution < 1.29 is 4.79 Å². The van der Waals surface area contributed by atoms with Crippen LogP contribution in [0.3, 0.4) is 0 Å². The molecule has 0 aliphatic carbocycles. The number of rotatable bonds is 6. The van der Waals surface area contributed by atoms with Crippen LogP contribution in [0.15, 0.2) is 85.5 Å². The molecule has 164 valence electrons. The van der Waals surface area contributed by atoms with Crippen molar-refractivity contribution in [1.29, 1.82) is 0 Å². The molecule has 2 aromatic carbocycles. The number of H-pyrrole nitrogens is 2. The van der Waals surface area contributed by atoms with Crippen molar-refractivity contribution in [3.05, 3.63) is 108 Å². The highest BCUT2D eigenvalue weighted by Gasteiger charge is 2.12. The van der Waals surface area contributed by atoms with Gasteiger partial charge in [-0.3, -0.25) is 14.9 Å². The number of Topliss-reactive ketones (excluding diaryl/α,β-unsaturated/α-hetero) is 1. The molecule has 0 radical (unpaired) electrons.